The second kappa shape index (κ2) is 4.25. The zero-order valence-corrected chi connectivity index (χ0v) is 9.45. The molecule has 0 aliphatic heterocycles. The van der Waals surface area contributed by atoms with Crippen molar-refractivity contribution in [3.05, 3.63) is 40.8 Å². The fraction of sp³-hybridized carbons (Fsp3) is 0.182. The molecule has 0 atom stereocenters. The van der Waals surface area contributed by atoms with Crippen LogP contribution in [0.1, 0.15) is 0 Å². The van der Waals surface area contributed by atoms with Crippen molar-refractivity contribution < 1.29 is 9.53 Å². The fourth-order valence-electron chi connectivity index (χ4n) is 1.26. The molecule has 1 amide bonds. The molecule has 0 aliphatic carbocycles. The highest BCUT2D eigenvalue weighted by molar-refractivity contribution is 5.69. The number of rotatable bonds is 1. The standard InChI is InChI=1S/C11H11N3O3/c1-13(2)11(16)17-9-7-10(15)14-6-4-3-5-8(14)12-9/h3-7H,1-2H3. The average molecular weight is 233 g/mol. The number of nitrogens with zero attached hydrogens (tertiary/aromatic N) is 3. The van der Waals surface area contributed by atoms with Crippen LogP contribution in [0.25, 0.3) is 5.65 Å². The van der Waals surface area contributed by atoms with Crippen molar-refractivity contribution in [1.29, 1.82) is 0 Å². The van der Waals surface area contributed by atoms with Crippen LogP contribution in [0, 0.1) is 0 Å². The number of carbonyl (C=O) groups is 1. The molecule has 2 heterocycles. The Labute approximate surface area is 97.1 Å². The van der Waals surface area contributed by atoms with Crippen molar-refractivity contribution in [3.63, 3.8) is 0 Å². The molecule has 0 aromatic carbocycles. The number of aromatic nitrogens is 2. The van der Waals surface area contributed by atoms with E-state index in [1.807, 2.05) is 0 Å². The summed E-state index contributed by atoms with van der Waals surface area (Å²) in [5, 5.41) is 0. The lowest BCUT2D eigenvalue weighted by molar-refractivity contribution is 0.170. The monoisotopic (exact) mass is 233 g/mol. The van der Waals surface area contributed by atoms with Crippen molar-refractivity contribution in [2.24, 2.45) is 0 Å². The molecule has 0 saturated carbocycles. The van der Waals surface area contributed by atoms with Crippen molar-refractivity contribution in [2.45, 2.75) is 0 Å². The van der Waals surface area contributed by atoms with E-state index in [1.165, 1.54) is 15.4 Å². The highest BCUT2D eigenvalue weighted by Crippen LogP contribution is 2.06. The molecule has 2 aromatic rings. The van der Waals surface area contributed by atoms with Crippen molar-refractivity contribution in [1.82, 2.24) is 14.3 Å². The van der Waals surface area contributed by atoms with Gasteiger partial charge in [0, 0.05) is 20.3 Å². The van der Waals surface area contributed by atoms with Crippen molar-refractivity contribution >= 4 is 11.7 Å². The minimum Gasteiger partial charge on any atom is -0.391 e. The molecule has 0 saturated heterocycles. The molecular weight excluding hydrogens is 222 g/mol. The van der Waals surface area contributed by atoms with Crippen LogP contribution in [-0.2, 0) is 0 Å². The first-order chi connectivity index (χ1) is 8.08. The molecule has 0 unspecified atom stereocenters. The van der Waals surface area contributed by atoms with E-state index in [1.54, 1.807) is 38.5 Å². The Hall–Kier alpha value is -2.37. The minimum atomic E-state index is -0.572. The molecule has 0 aliphatic rings. The summed E-state index contributed by atoms with van der Waals surface area (Å²) in [5.41, 5.74) is 0.138. The topological polar surface area (TPSA) is 63.9 Å². The fourth-order valence-corrected chi connectivity index (χ4v) is 1.26. The van der Waals surface area contributed by atoms with Crippen LogP contribution in [0.2, 0.25) is 0 Å². The molecule has 0 spiro atoms. The molecule has 17 heavy (non-hydrogen) atoms. The number of hydrogen-bond donors (Lipinski definition) is 0. The highest BCUT2D eigenvalue weighted by atomic mass is 16.6. The quantitative estimate of drug-likeness (QED) is 0.729. The van der Waals surface area contributed by atoms with Gasteiger partial charge in [-0.1, -0.05) is 6.07 Å². The molecule has 0 fully saturated rings. The maximum absolute atomic E-state index is 11.7. The molecule has 2 aromatic heterocycles. The molecule has 0 N–H and O–H groups in total. The van der Waals surface area contributed by atoms with E-state index in [2.05, 4.69) is 4.98 Å². The van der Waals surface area contributed by atoms with E-state index in [0.29, 0.717) is 5.65 Å². The summed E-state index contributed by atoms with van der Waals surface area (Å²) in [6.07, 6.45) is 1.03. The molecule has 6 heteroatoms. The van der Waals surface area contributed by atoms with Gasteiger partial charge >= 0.3 is 6.09 Å². The summed E-state index contributed by atoms with van der Waals surface area (Å²) >= 11 is 0. The summed E-state index contributed by atoms with van der Waals surface area (Å²) in [5.74, 6) is -0.0000926. The zero-order chi connectivity index (χ0) is 12.4. The van der Waals surface area contributed by atoms with Crippen LogP contribution in [0.4, 0.5) is 4.79 Å². The average Bonchev–Trinajstić information content (AvgIpc) is 2.29. The highest BCUT2D eigenvalue weighted by Gasteiger charge is 2.09. The lowest BCUT2D eigenvalue weighted by Gasteiger charge is -2.10. The van der Waals surface area contributed by atoms with Crippen LogP contribution in [0.15, 0.2) is 35.3 Å². The van der Waals surface area contributed by atoms with Crippen molar-refractivity contribution in [3.8, 4) is 5.88 Å². The normalized spacial score (nSPS) is 10.2. The first-order valence-corrected chi connectivity index (χ1v) is 4.95. The first-order valence-electron chi connectivity index (χ1n) is 4.95. The number of hydrogen-bond acceptors (Lipinski definition) is 4. The Morgan fingerprint density at radius 3 is 2.88 bits per heavy atom. The van der Waals surface area contributed by atoms with Crippen LogP contribution >= 0.6 is 0 Å². The number of amides is 1. The predicted octanol–water partition coefficient (Wildman–Crippen LogP) is 0.755. The van der Waals surface area contributed by atoms with Gasteiger partial charge in [0.25, 0.3) is 5.56 Å². The third-order valence-electron chi connectivity index (χ3n) is 2.10. The smallest absolute Gasteiger partial charge is 0.391 e. The summed E-state index contributed by atoms with van der Waals surface area (Å²) in [6, 6.07) is 6.31. The van der Waals surface area contributed by atoms with Crippen LogP contribution in [-0.4, -0.2) is 34.5 Å². The Balaban J connectivity index is 2.44. The van der Waals surface area contributed by atoms with E-state index in [0.717, 1.165) is 0 Å². The maximum atomic E-state index is 11.7. The Morgan fingerprint density at radius 2 is 2.18 bits per heavy atom. The van der Waals surface area contributed by atoms with Gasteiger partial charge in [-0.3, -0.25) is 9.20 Å². The summed E-state index contributed by atoms with van der Waals surface area (Å²) in [6.45, 7) is 0. The summed E-state index contributed by atoms with van der Waals surface area (Å²) in [4.78, 5) is 28.3. The van der Waals surface area contributed by atoms with E-state index in [-0.39, 0.29) is 11.4 Å². The lowest BCUT2D eigenvalue weighted by atomic mass is 10.4. The van der Waals surface area contributed by atoms with Gasteiger partial charge in [0.15, 0.2) is 0 Å². The van der Waals surface area contributed by atoms with Crippen LogP contribution in [0.5, 0.6) is 5.88 Å². The third-order valence-corrected chi connectivity index (χ3v) is 2.10. The minimum absolute atomic E-state index is 0.0000926. The van der Waals surface area contributed by atoms with Gasteiger partial charge in [0.1, 0.15) is 5.65 Å². The maximum Gasteiger partial charge on any atom is 0.416 e. The van der Waals surface area contributed by atoms with Gasteiger partial charge in [0.05, 0.1) is 6.07 Å². The summed E-state index contributed by atoms with van der Waals surface area (Å²) in [7, 11) is 3.10. The lowest BCUT2D eigenvalue weighted by Crippen LogP contribution is -2.26. The van der Waals surface area contributed by atoms with Crippen LogP contribution in [0.3, 0.4) is 0 Å². The van der Waals surface area contributed by atoms with E-state index in [4.69, 9.17) is 4.74 Å². The summed E-state index contributed by atoms with van der Waals surface area (Å²) < 4.78 is 6.30. The predicted molar refractivity (Wildman–Crippen MR) is 61.2 cm³/mol. The molecule has 0 radical (unpaired) electrons. The molecule has 88 valence electrons. The number of fused-ring (bicyclic) bond motifs is 1. The van der Waals surface area contributed by atoms with Crippen LogP contribution < -0.4 is 10.3 Å². The third kappa shape index (κ3) is 2.25. The van der Waals surface area contributed by atoms with Crippen molar-refractivity contribution in [2.75, 3.05) is 14.1 Å². The SMILES string of the molecule is CN(C)C(=O)Oc1cc(=O)n2ccccc2n1. The van der Waals surface area contributed by atoms with Gasteiger partial charge in [-0.25, -0.2) is 4.79 Å². The van der Waals surface area contributed by atoms with E-state index >= 15 is 0 Å². The number of pyridine rings is 1. The first kappa shape index (κ1) is 11.1. The second-order valence-electron chi connectivity index (χ2n) is 3.62. The van der Waals surface area contributed by atoms with E-state index < -0.39 is 6.09 Å². The molecular formula is C11H11N3O3. The second-order valence-corrected chi connectivity index (χ2v) is 3.62. The van der Waals surface area contributed by atoms with Gasteiger partial charge in [-0.15, -0.1) is 0 Å². The number of ether oxygens (including phenoxy) is 1. The van der Waals surface area contributed by atoms with Gasteiger partial charge in [-0.05, 0) is 12.1 Å². The molecule has 6 nitrogen and oxygen atoms in total. The Morgan fingerprint density at radius 1 is 1.41 bits per heavy atom. The largest absolute Gasteiger partial charge is 0.416 e. The van der Waals surface area contributed by atoms with Gasteiger partial charge in [-0.2, -0.15) is 4.98 Å². The Bertz CT molecular complexity index is 619. The van der Waals surface area contributed by atoms with Gasteiger partial charge < -0.3 is 9.64 Å². The van der Waals surface area contributed by atoms with Gasteiger partial charge in [0.2, 0.25) is 5.88 Å². The molecule has 0 bridgehead atoms. The zero-order valence-electron chi connectivity index (χ0n) is 9.45. The number of carbonyl (C=O) groups excluding carboxylic acids is 1. The Kier molecular flexibility index (Phi) is 2.78. The molecule has 2 rings (SSSR count). The van der Waals surface area contributed by atoms with E-state index in [9.17, 15) is 9.59 Å².